The predicted molar refractivity (Wildman–Crippen MR) is 59.6 cm³/mol. The van der Waals surface area contributed by atoms with E-state index in [1.165, 1.54) is 0 Å². The second-order valence-corrected chi connectivity index (χ2v) is 3.41. The highest BCUT2D eigenvalue weighted by Crippen LogP contribution is 2.17. The van der Waals surface area contributed by atoms with Gasteiger partial charge in [-0.3, -0.25) is 0 Å². The highest BCUT2D eigenvalue weighted by atomic mass is 35.5. The summed E-state index contributed by atoms with van der Waals surface area (Å²) < 4.78 is 0. The number of aromatic nitrogens is 3. The minimum Gasteiger partial charge on any atom is -0.325 e. The lowest BCUT2D eigenvalue weighted by Crippen LogP contribution is -1.96. The zero-order valence-electron chi connectivity index (χ0n) is 7.48. The topological polar surface area (TPSA) is 50.7 Å². The Labute approximate surface area is 96.3 Å². The van der Waals surface area contributed by atoms with Gasteiger partial charge in [0.05, 0.1) is 0 Å². The molecule has 2 heterocycles. The van der Waals surface area contributed by atoms with Crippen molar-refractivity contribution in [2.24, 2.45) is 0 Å². The minimum absolute atomic E-state index is 0.0981. The molecule has 0 aromatic carbocycles. The van der Waals surface area contributed by atoms with E-state index in [-0.39, 0.29) is 10.4 Å². The van der Waals surface area contributed by atoms with Gasteiger partial charge in [0.25, 0.3) is 0 Å². The van der Waals surface area contributed by atoms with Crippen molar-refractivity contribution in [3.63, 3.8) is 0 Å². The number of pyridine rings is 1. The van der Waals surface area contributed by atoms with Gasteiger partial charge in [-0.25, -0.2) is 15.0 Å². The number of nitrogens with one attached hydrogen (secondary N) is 1. The molecule has 0 bridgehead atoms. The van der Waals surface area contributed by atoms with Crippen LogP contribution in [0.1, 0.15) is 0 Å². The maximum Gasteiger partial charge on any atom is 0.225 e. The van der Waals surface area contributed by atoms with Crippen molar-refractivity contribution in [3.8, 4) is 0 Å². The van der Waals surface area contributed by atoms with E-state index in [9.17, 15) is 0 Å². The third kappa shape index (κ3) is 2.78. The molecule has 0 saturated carbocycles. The van der Waals surface area contributed by atoms with E-state index in [1.54, 1.807) is 12.3 Å². The van der Waals surface area contributed by atoms with Gasteiger partial charge in [-0.1, -0.05) is 17.7 Å². The number of nitrogens with zero attached hydrogens (tertiary/aromatic N) is 3. The van der Waals surface area contributed by atoms with Crippen LogP contribution in [0.2, 0.25) is 10.4 Å². The van der Waals surface area contributed by atoms with Gasteiger partial charge in [0, 0.05) is 12.3 Å². The first-order chi connectivity index (χ1) is 7.24. The fraction of sp³-hybridized carbons (Fsp3) is 0. The summed E-state index contributed by atoms with van der Waals surface area (Å²) in [6, 6.07) is 7.07. The van der Waals surface area contributed by atoms with Crippen molar-refractivity contribution < 1.29 is 0 Å². The molecule has 0 aliphatic heterocycles. The summed E-state index contributed by atoms with van der Waals surface area (Å²) in [4.78, 5) is 11.8. The van der Waals surface area contributed by atoms with Gasteiger partial charge in [-0.05, 0) is 23.7 Å². The van der Waals surface area contributed by atoms with E-state index in [0.29, 0.717) is 11.6 Å². The molecule has 15 heavy (non-hydrogen) atoms. The summed E-state index contributed by atoms with van der Waals surface area (Å²) >= 11 is 11.4. The third-order valence-corrected chi connectivity index (χ3v) is 1.95. The lowest BCUT2D eigenvalue weighted by atomic mass is 10.4. The molecule has 0 aliphatic carbocycles. The predicted octanol–water partition coefficient (Wildman–Crippen LogP) is 2.92. The van der Waals surface area contributed by atoms with Crippen molar-refractivity contribution in [2.45, 2.75) is 0 Å². The van der Waals surface area contributed by atoms with Crippen molar-refractivity contribution in [1.29, 1.82) is 0 Å². The second-order valence-electron chi connectivity index (χ2n) is 2.68. The average molecular weight is 241 g/mol. The molecule has 2 aromatic heterocycles. The maximum atomic E-state index is 5.72. The van der Waals surface area contributed by atoms with Crippen molar-refractivity contribution in [3.05, 3.63) is 40.9 Å². The summed E-state index contributed by atoms with van der Waals surface area (Å²) in [5.74, 6) is 1.18. The van der Waals surface area contributed by atoms with Gasteiger partial charge >= 0.3 is 0 Å². The van der Waals surface area contributed by atoms with E-state index in [2.05, 4.69) is 20.3 Å². The highest BCUT2D eigenvalue weighted by Gasteiger charge is 2.01. The molecule has 0 saturated heterocycles. The quantitative estimate of drug-likeness (QED) is 0.648. The molecule has 0 radical (unpaired) electrons. The van der Waals surface area contributed by atoms with Crippen LogP contribution in [0, 0.1) is 0 Å². The summed E-state index contributed by atoms with van der Waals surface area (Å²) in [6.45, 7) is 0. The number of anilines is 2. The monoisotopic (exact) mass is 240 g/mol. The molecule has 2 rings (SSSR count). The van der Waals surface area contributed by atoms with Crippen LogP contribution in [0.15, 0.2) is 30.5 Å². The molecule has 0 fully saturated rings. The number of halogens is 2. The van der Waals surface area contributed by atoms with Gasteiger partial charge in [0.2, 0.25) is 5.28 Å². The van der Waals surface area contributed by atoms with Gasteiger partial charge in [-0.15, -0.1) is 0 Å². The summed E-state index contributed by atoms with van der Waals surface area (Å²) in [5.41, 5.74) is 0. The van der Waals surface area contributed by atoms with Crippen molar-refractivity contribution in [1.82, 2.24) is 15.0 Å². The third-order valence-electron chi connectivity index (χ3n) is 1.59. The second kappa shape index (κ2) is 4.42. The van der Waals surface area contributed by atoms with Crippen LogP contribution < -0.4 is 5.32 Å². The highest BCUT2D eigenvalue weighted by molar-refractivity contribution is 6.32. The SMILES string of the molecule is Clc1cc(Nc2ccccn2)nc(Cl)n1. The molecule has 0 spiro atoms. The molecule has 76 valence electrons. The zero-order chi connectivity index (χ0) is 10.7. The summed E-state index contributed by atoms with van der Waals surface area (Å²) in [7, 11) is 0. The van der Waals surface area contributed by atoms with Crippen LogP contribution in [0.4, 0.5) is 11.6 Å². The van der Waals surface area contributed by atoms with Crippen LogP contribution in [0.3, 0.4) is 0 Å². The van der Waals surface area contributed by atoms with Crippen LogP contribution in [0.5, 0.6) is 0 Å². The minimum atomic E-state index is 0.0981. The number of hydrogen-bond donors (Lipinski definition) is 1. The Hall–Kier alpha value is -1.39. The smallest absolute Gasteiger partial charge is 0.225 e. The van der Waals surface area contributed by atoms with Crippen LogP contribution in [-0.4, -0.2) is 15.0 Å². The number of hydrogen-bond acceptors (Lipinski definition) is 4. The Morgan fingerprint density at radius 1 is 1.07 bits per heavy atom. The molecule has 4 nitrogen and oxygen atoms in total. The first-order valence-corrected chi connectivity index (χ1v) is 4.88. The Bertz CT molecular complexity index is 441. The van der Waals surface area contributed by atoms with Gasteiger partial charge < -0.3 is 5.32 Å². The maximum absolute atomic E-state index is 5.72. The van der Waals surface area contributed by atoms with Crippen molar-refractivity contribution >= 4 is 34.8 Å². The van der Waals surface area contributed by atoms with Crippen molar-refractivity contribution in [2.75, 3.05) is 5.32 Å². The molecule has 0 unspecified atom stereocenters. The van der Waals surface area contributed by atoms with E-state index in [1.807, 2.05) is 18.2 Å². The lowest BCUT2D eigenvalue weighted by Gasteiger charge is -2.04. The Kier molecular flexibility index (Phi) is 2.99. The molecule has 0 aliphatic rings. The molecule has 0 amide bonds. The van der Waals surface area contributed by atoms with Gasteiger partial charge in [0.1, 0.15) is 16.8 Å². The Morgan fingerprint density at radius 3 is 2.60 bits per heavy atom. The standard InChI is InChI=1S/C9H6Cl2N4/c10-6-5-8(15-9(11)13-6)14-7-3-1-2-4-12-7/h1-5H,(H,12,13,14,15). The van der Waals surface area contributed by atoms with E-state index >= 15 is 0 Å². The summed E-state index contributed by atoms with van der Waals surface area (Å²) in [5, 5.41) is 3.34. The fourth-order valence-corrected chi connectivity index (χ4v) is 1.43. The largest absolute Gasteiger partial charge is 0.325 e. The van der Waals surface area contributed by atoms with E-state index in [4.69, 9.17) is 23.2 Å². The number of rotatable bonds is 2. The molecule has 6 heteroatoms. The van der Waals surface area contributed by atoms with E-state index < -0.39 is 0 Å². The molecule has 0 atom stereocenters. The first-order valence-electron chi connectivity index (χ1n) is 4.12. The normalized spacial score (nSPS) is 10.0. The first kappa shape index (κ1) is 10.1. The zero-order valence-corrected chi connectivity index (χ0v) is 9.00. The van der Waals surface area contributed by atoms with Gasteiger partial charge in [-0.2, -0.15) is 0 Å². The molecule has 1 N–H and O–H groups in total. The summed E-state index contributed by atoms with van der Waals surface area (Å²) in [6.07, 6.45) is 1.67. The van der Waals surface area contributed by atoms with Crippen LogP contribution in [0.25, 0.3) is 0 Å². The van der Waals surface area contributed by atoms with E-state index in [0.717, 1.165) is 0 Å². The lowest BCUT2D eigenvalue weighted by molar-refractivity contribution is 1.16. The van der Waals surface area contributed by atoms with Crippen LogP contribution >= 0.6 is 23.2 Å². The molecular formula is C9H6Cl2N4. The molecule has 2 aromatic rings. The fourth-order valence-electron chi connectivity index (χ4n) is 1.02. The Morgan fingerprint density at radius 2 is 1.93 bits per heavy atom. The Balaban J connectivity index is 2.25. The van der Waals surface area contributed by atoms with Gasteiger partial charge in [0.15, 0.2) is 0 Å². The molecular weight excluding hydrogens is 235 g/mol. The average Bonchev–Trinajstić information content (AvgIpc) is 2.17. The van der Waals surface area contributed by atoms with Crippen LogP contribution in [-0.2, 0) is 0 Å².